The Balaban J connectivity index is 5.18. The van der Waals surface area contributed by atoms with Crippen LogP contribution in [-0.4, -0.2) is 16.8 Å². The smallest absolute Gasteiger partial charge is 0.297 e. The van der Waals surface area contributed by atoms with Crippen molar-refractivity contribution in [3.05, 3.63) is 0 Å². The minimum atomic E-state index is -3.08. The molecule has 0 fully saturated rings. The summed E-state index contributed by atoms with van der Waals surface area (Å²) >= 11 is 0. The van der Waals surface area contributed by atoms with Gasteiger partial charge in [0.25, 0.3) is 0 Å². The number of rotatable bonds is 6. The molecule has 106 valence electrons. The topological polar surface area (TPSA) is 0 Å². The van der Waals surface area contributed by atoms with Crippen molar-refractivity contribution in [2.45, 2.75) is 77.6 Å². The van der Waals surface area contributed by atoms with E-state index in [2.05, 4.69) is 11.1 Å². The van der Waals surface area contributed by atoms with E-state index < -0.39 is 16.8 Å². The summed E-state index contributed by atoms with van der Waals surface area (Å²) in [4.78, 5) is 0. The molecule has 2 unspecified atom stereocenters. The molecular weight excluding hydrogens is 262 g/mol. The van der Waals surface area contributed by atoms with Crippen molar-refractivity contribution in [1.82, 2.24) is 0 Å². The molecule has 0 nitrogen and oxygen atoms in total. The maximum absolute atomic E-state index is 14.8. The standard InChI is InChI=1S/C14H28F2Si2/c1-7-9-17(15,13(3)4)11-12-18(16,10-8-2)14(5)6/h13-14H,7-10H2,1-6H3. The Hall–Kier alpha value is -0.146. The van der Waals surface area contributed by atoms with Gasteiger partial charge in [-0.25, -0.2) is 0 Å². The Bertz CT molecular complexity index is 279. The molecule has 0 saturated heterocycles. The van der Waals surface area contributed by atoms with Gasteiger partial charge in [-0.2, -0.15) is 0 Å². The molecule has 4 heteroatoms. The molecule has 0 amide bonds. The Morgan fingerprint density at radius 2 is 1.06 bits per heavy atom. The summed E-state index contributed by atoms with van der Waals surface area (Å²) in [5.41, 5.74) is 5.54. The molecule has 0 spiro atoms. The maximum atomic E-state index is 14.8. The van der Waals surface area contributed by atoms with E-state index >= 15 is 0 Å². The van der Waals surface area contributed by atoms with Crippen LogP contribution in [0.25, 0.3) is 0 Å². The molecule has 0 heterocycles. The Morgan fingerprint density at radius 1 is 0.778 bits per heavy atom. The van der Waals surface area contributed by atoms with E-state index in [1.54, 1.807) is 0 Å². The third-order valence-corrected chi connectivity index (χ3v) is 11.0. The highest BCUT2D eigenvalue weighted by Crippen LogP contribution is 2.30. The highest BCUT2D eigenvalue weighted by atomic mass is 28.4. The van der Waals surface area contributed by atoms with Gasteiger partial charge in [0.15, 0.2) is 0 Å². The second kappa shape index (κ2) is 7.44. The van der Waals surface area contributed by atoms with Gasteiger partial charge in [-0.3, -0.25) is 8.22 Å². The zero-order chi connectivity index (χ0) is 14.4. The minimum Gasteiger partial charge on any atom is -0.297 e. The van der Waals surface area contributed by atoms with Crippen molar-refractivity contribution in [3.63, 3.8) is 0 Å². The SMILES string of the molecule is CCC[Si](F)(C#C[Si](F)(CCC)C(C)C)C(C)C. The zero-order valence-corrected chi connectivity index (χ0v) is 14.7. The quantitative estimate of drug-likeness (QED) is 0.342. The molecule has 0 aromatic rings. The van der Waals surface area contributed by atoms with Gasteiger partial charge in [0.2, 0.25) is 0 Å². The summed E-state index contributed by atoms with van der Waals surface area (Å²) < 4.78 is 29.5. The number of halogens is 2. The van der Waals surface area contributed by atoms with E-state index in [0.717, 1.165) is 12.8 Å². The van der Waals surface area contributed by atoms with Crippen LogP contribution < -0.4 is 0 Å². The molecule has 0 rings (SSSR count). The summed E-state index contributed by atoms with van der Waals surface area (Å²) in [5.74, 6) is 0. The lowest BCUT2D eigenvalue weighted by molar-refractivity contribution is 0.723. The van der Waals surface area contributed by atoms with Gasteiger partial charge in [-0.15, -0.1) is 0 Å². The van der Waals surface area contributed by atoms with E-state index in [-0.39, 0.29) is 11.1 Å². The Labute approximate surface area is 114 Å². The molecule has 0 N–H and O–H groups in total. The van der Waals surface area contributed by atoms with Crippen LogP contribution in [0, 0.1) is 11.1 Å². The average molecular weight is 291 g/mol. The predicted octanol–water partition coefficient (Wildman–Crippen LogP) is 5.54. The van der Waals surface area contributed by atoms with Gasteiger partial charge in [0, 0.05) is 0 Å². The van der Waals surface area contributed by atoms with Crippen LogP contribution in [0.2, 0.25) is 23.2 Å². The first-order valence-electron chi connectivity index (χ1n) is 7.14. The van der Waals surface area contributed by atoms with E-state index in [1.165, 1.54) is 0 Å². The molecule has 0 aliphatic rings. The van der Waals surface area contributed by atoms with Gasteiger partial charge < -0.3 is 0 Å². The lowest BCUT2D eigenvalue weighted by Gasteiger charge is -2.23. The normalized spacial score (nSPS) is 18.1. The number of hydrogen-bond acceptors (Lipinski definition) is 0. The molecule has 0 aromatic carbocycles. The van der Waals surface area contributed by atoms with Crippen LogP contribution in [0.4, 0.5) is 8.22 Å². The second-order valence-corrected chi connectivity index (χ2v) is 13.0. The van der Waals surface area contributed by atoms with E-state index in [9.17, 15) is 8.22 Å². The molecule has 18 heavy (non-hydrogen) atoms. The van der Waals surface area contributed by atoms with Gasteiger partial charge >= 0.3 is 16.8 Å². The first-order valence-corrected chi connectivity index (χ1v) is 11.5. The minimum absolute atomic E-state index is 0.0445. The first kappa shape index (κ1) is 17.9. The second-order valence-electron chi connectivity index (χ2n) is 5.78. The Kier molecular flexibility index (Phi) is 7.38. The van der Waals surface area contributed by atoms with Crippen molar-refractivity contribution in [1.29, 1.82) is 0 Å². The van der Waals surface area contributed by atoms with Crippen molar-refractivity contribution < 1.29 is 8.22 Å². The van der Waals surface area contributed by atoms with E-state index in [4.69, 9.17) is 0 Å². The van der Waals surface area contributed by atoms with Crippen LogP contribution in [0.15, 0.2) is 0 Å². The fourth-order valence-corrected chi connectivity index (χ4v) is 7.03. The average Bonchev–Trinajstić information content (AvgIpc) is 2.27. The van der Waals surface area contributed by atoms with Crippen LogP contribution in [0.1, 0.15) is 54.4 Å². The molecule has 0 radical (unpaired) electrons. The highest BCUT2D eigenvalue weighted by molar-refractivity contribution is 6.87. The van der Waals surface area contributed by atoms with Crippen molar-refractivity contribution in [3.8, 4) is 11.1 Å². The lowest BCUT2D eigenvalue weighted by Crippen LogP contribution is -2.35. The third kappa shape index (κ3) is 4.85. The third-order valence-electron chi connectivity index (χ3n) is 3.54. The number of hydrogen-bond donors (Lipinski definition) is 0. The van der Waals surface area contributed by atoms with Gasteiger partial charge in [0.1, 0.15) is 0 Å². The molecule has 2 atom stereocenters. The summed E-state index contributed by atoms with van der Waals surface area (Å²) in [6.07, 6.45) is 1.59. The van der Waals surface area contributed by atoms with E-state index in [1.807, 2.05) is 41.5 Å². The first-order chi connectivity index (χ1) is 8.22. The van der Waals surface area contributed by atoms with Gasteiger partial charge in [-0.1, -0.05) is 65.5 Å². The molecule has 0 bridgehead atoms. The van der Waals surface area contributed by atoms with Crippen LogP contribution >= 0.6 is 0 Å². The van der Waals surface area contributed by atoms with Gasteiger partial charge in [-0.05, 0) is 23.2 Å². The fraction of sp³-hybridized carbons (Fsp3) is 0.857. The molecule has 0 aromatic heterocycles. The van der Waals surface area contributed by atoms with Crippen LogP contribution in [0.5, 0.6) is 0 Å². The molecule has 0 aliphatic carbocycles. The van der Waals surface area contributed by atoms with Crippen LogP contribution in [-0.2, 0) is 0 Å². The van der Waals surface area contributed by atoms with Crippen molar-refractivity contribution in [2.75, 3.05) is 0 Å². The summed E-state index contributed by atoms with van der Waals surface area (Å²) in [7, 11) is -6.16. The summed E-state index contributed by atoms with van der Waals surface area (Å²) in [6.45, 7) is 11.5. The molecular formula is C14H28F2Si2. The summed E-state index contributed by atoms with van der Waals surface area (Å²) in [5, 5.41) is 0. The monoisotopic (exact) mass is 290 g/mol. The largest absolute Gasteiger partial charge is 0.324 e. The van der Waals surface area contributed by atoms with E-state index in [0.29, 0.717) is 12.1 Å². The maximum Gasteiger partial charge on any atom is 0.324 e. The van der Waals surface area contributed by atoms with Crippen molar-refractivity contribution in [2.24, 2.45) is 0 Å². The highest BCUT2D eigenvalue weighted by Gasteiger charge is 2.39. The predicted molar refractivity (Wildman–Crippen MR) is 81.9 cm³/mol. The zero-order valence-electron chi connectivity index (χ0n) is 12.7. The lowest BCUT2D eigenvalue weighted by atomic mass is 10.5. The van der Waals surface area contributed by atoms with Crippen molar-refractivity contribution >= 4 is 16.8 Å². The Morgan fingerprint density at radius 3 is 1.22 bits per heavy atom. The van der Waals surface area contributed by atoms with Gasteiger partial charge in [0.05, 0.1) is 0 Å². The molecule has 0 aliphatic heterocycles. The fourth-order valence-electron chi connectivity index (χ4n) is 1.93. The summed E-state index contributed by atoms with van der Waals surface area (Å²) in [6, 6.07) is 1.07. The van der Waals surface area contributed by atoms with Crippen LogP contribution in [0.3, 0.4) is 0 Å². The molecule has 0 saturated carbocycles.